The second-order valence-corrected chi connectivity index (χ2v) is 7.24. The fraction of sp³-hybridized carbons (Fsp3) is 0.118. The Hall–Kier alpha value is -2.21. The maximum Gasteiger partial charge on any atom is 1.00 e. The smallest absolute Gasteiger partial charge is 0.542 e. The van der Waals surface area contributed by atoms with Crippen LogP contribution < -0.4 is 29.6 Å². The summed E-state index contributed by atoms with van der Waals surface area (Å²) >= 11 is 0. The van der Waals surface area contributed by atoms with Crippen molar-refractivity contribution in [1.29, 1.82) is 0 Å². The fourth-order valence-corrected chi connectivity index (χ4v) is 3.34. The Balaban J connectivity index is 0.00000300. The summed E-state index contributed by atoms with van der Waals surface area (Å²) in [4.78, 5) is 18.2. The van der Waals surface area contributed by atoms with Gasteiger partial charge in [0.15, 0.2) is 5.69 Å². The molecule has 0 radical (unpaired) electrons. The van der Waals surface area contributed by atoms with Crippen LogP contribution in [-0.2, 0) is 21.0 Å². The summed E-state index contributed by atoms with van der Waals surface area (Å²) < 4.78 is 67.5. The largest absolute Gasteiger partial charge is 1.00 e. The fourth-order valence-electron chi connectivity index (χ4n) is 2.41. The minimum atomic E-state index is -4.66. The topological polar surface area (TPSA) is 96.0 Å². The van der Waals surface area contributed by atoms with E-state index < -0.39 is 27.8 Å². The van der Waals surface area contributed by atoms with Gasteiger partial charge in [0.05, 0.1) is 10.8 Å². The summed E-state index contributed by atoms with van der Waals surface area (Å²) in [5, 5.41) is 0. The normalized spacial score (nSPS) is 11.6. The molecule has 29 heavy (non-hydrogen) atoms. The van der Waals surface area contributed by atoms with Crippen molar-refractivity contribution >= 4 is 15.9 Å². The standard InChI is InChI=1S/C17H13F3N4O3S.Na/c1-11(25)23-28(26,27)14-6-4-13(5-7-14)24-10-15(17(18,19)20)22-16(24)12-3-2-8-21-9-12;/h2-10H,1H3,(H,23,25);/q;+1/p-1. The van der Waals surface area contributed by atoms with Crippen LogP contribution in [0.2, 0.25) is 0 Å². The number of nitrogens with zero attached hydrogens (tertiary/aromatic N) is 4. The van der Waals surface area contributed by atoms with Crippen molar-refractivity contribution in [3.8, 4) is 17.1 Å². The number of imidazole rings is 1. The predicted octanol–water partition coefficient (Wildman–Crippen LogP) is 0.566. The Morgan fingerprint density at radius 1 is 1.14 bits per heavy atom. The molecule has 0 spiro atoms. The molecule has 3 rings (SSSR count). The van der Waals surface area contributed by atoms with Gasteiger partial charge in [-0.2, -0.15) is 13.2 Å². The van der Waals surface area contributed by atoms with Gasteiger partial charge < -0.3 is 9.52 Å². The number of benzene rings is 1. The van der Waals surface area contributed by atoms with Crippen LogP contribution in [0.25, 0.3) is 21.8 Å². The molecule has 0 aliphatic carbocycles. The van der Waals surface area contributed by atoms with E-state index in [9.17, 15) is 26.4 Å². The van der Waals surface area contributed by atoms with Crippen molar-refractivity contribution in [3.05, 3.63) is 65.4 Å². The van der Waals surface area contributed by atoms with Crippen LogP contribution in [0.3, 0.4) is 0 Å². The number of pyridine rings is 1. The van der Waals surface area contributed by atoms with Crippen LogP contribution >= 0.6 is 0 Å². The zero-order valence-corrected chi connectivity index (χ0v) is 18.1. The minimum Gasteiger partial charge on any atom is -0.542 e. The maximum absolute atomic E-state index is 13.1. The molecule has 0 atom stereocenters. The number of carbonyl (C=O) groups is 1. The third-order valence-electron chi connectivity index (χ3n) is 3.58. The number of carbonyl (C=O) groups excluding carboxylic acids is 1. The van der Waals surface area contributed by atoms with Crippen molar-refractivity contribution in [2.75, 3.05) is 0 Å². The van der Waals surface area contributed by atoms with Gasteiger partial charge >= 0.3 is 35.7 Å². The second kappa shape index (κ2) is 8.66. The van der Waals surface area contributed by atoms with Crippen LogP contribution in [0.5, 0.6) is 0 Å². The van der Waals surface area contributed by atoms with Gasteiger partial charge in [-0.1, -0.05) is 0 Å². The zero-order valence-electron chi connectivity index (χ0n) is 15.3. The summed E-state index contributed by atoms with van der Waals surface area (Å²) in [5.74, 6) is -0.892. The van der Waals surface area contributed by atoms with E-state index in [-0.39, 0.29) is 46.0 Å². The Morgan fingerprint density at radius 2 is 1.79 bits per heavy atom. The SMILES string of the molecule is CC(=O)[N-]S(=O)(=O)c1ccc(-n2cc(C(F)(F)F)nc2-c2cccnc2)cc1.[Na+]. The van der Waals surface area contributed by atoms with Gasteiger partial charge in [0.2, 0.25) is 0 Å². The van der Waals surface area contributed by atoms with E-state index in [2.05, 4.69) is 14.7 Å². The Labute approximate surface area is 186 Å². The van der Waals surface area contributed by atoms with Gasteiger partial charge in [0.1, 0.15) is 15.8 Å². The molecule has 146 valence electrons. The van der Waals surface area contributed by atoms with E-state index in [0.717, 1.165) is 25.3 Å². The van der Waals surface area contributed by atoms with Crippen molar-refractivity contribution < 1.29 is 55.9 Å². The summed E-state index contributed by atoms with van der Waals surface area (Å²) in [6.07, 6.45) is -1.01. The molecule has 3 aromatic rings. The molecular weight excluding hydrogens is 420 g/mol. The summed E-state index contributed by atoms with van der Waals surface area (Å²) in [6, 6.07) is 8.00. The number of alkyl halides is 3. The third-order valence-corrected chi connectivity index (χ3v) is 4.94. The molecule has 0 aliphatic heterocycles. The Morgan fingerprint density at radius 3 is 2.31 bits per heavy atom. The van der Waals surface area contributed by atoms with Crippen molar-refractivity contribution in [3.63, 3.8) is 0 Å². The van der Waals surface area contributed by atoms with Crippen LogP contribution in [0.4, 0.5) is 13.2 Å². The van der Waals surface area contributed by atoms with E-state index in [4.69, 9.17) is 0 Å². The molecule has 1 amide bonds. The molecule has 0 unspecified atom stereocenters. The number of amides is 1. The van der Waals surface area contributed by atoms with Crippen molar-refractivity contribution in [2.24, 2.45) is 0 Å². The van der Waals surface area contributed by atoms with E-state index in [1.807, 2.05) is 0 Å². The zero-order chi connectivity index (χ0) is 20.5. The number of hydrogen-bond donors (Lipinski definition) is 0. The molecule has 0 bridgehead atoms. The minimum absolute atomic E-state index is 0. The number of rotatable bonds is 4. The van der Waals surface area contributed by atoms with Crippen LogP contribution in [0.15, 0.2) is 59.9 Å². The first-order valence-corrected chi connectivity index (χ1v) is 9.18. The van der Waals surface area contributed by atoms with Crippen molar-refractivity contribution in [2.45, 2.75) is 18.0 Å². The van der Waals surface area contributed by atoms with E-state index in [1.54, 1.807) is 12.1 Å². The monoisotopic (exact) mass is 432 g/mol. The van der Waals surface area contributed by atoms with E-state index >= 15 is 0 Å². The van der Waals surface area contributed by atoms with Gasteiger partial charge in [-0.25, -0.2) is 13.4 Å². The molecule has 0 fully saturated rings. The van der Waals surface area contributed by atoms with Gasteiger partial charge in [0, 0.05) is 29.8 Å². The predicted molar refractivity (Wildman–Crippen MR) is 93.0 cm³/mol. The van der Waals surface area contributed by atoms with Gasteiger partial charge in [-0.05, 0) is 43.3 Å². The first-order valence-electron chi connectivity index (χ1n) is 7.74. The molecular formula is C17H12F3N4NaO3S. The Kier molecular flexibility index (Phi) is 6.89. The van der Waals surface area contributed by atoms with Crippen molar-refractivity contribution in [1.82, 2.24) is 14.5 Å². The maximum atomic E-state index is 13.1. The van der Waals surface area contributed by atoms with E-state index in [0.29, 0.717) is 5.56 Å². The molecule has 2 heterocycles. The molecule has 0 saturated carbocycles. The molecule has 2 aromatic heterocycles. The molecule has 12 heteroatoms. The summed E-state index contributed by atoms with van der Waals surface area (Å²) in [6.45, 7) is 0.996. The average Bonchev–Trinajstić information content (AvgIpc) is 3.07. The van der Waals surface area contributed by atoms with Gasteiger partial charge in [-0.15, -0.1) is 0 Å². The summed E-state index contributed by atoms with van der Waals surface area (Å²) in [7, 11) is -4.18. The number of aromatic nitrogens is 3. The summed E-state index contributed by atoms with van der Waals surface area (Å²) in [5.41, 5.74) is -0.514. The van der Waals surface area contributed by atoms with Crippen LogP contribution in [0.1, 0.15) is 12.6 Å². The molecule has 0 aliphatic rings. The molecule has 0 saturated heterocycles. The average molecular weight is 432 g/mol. The first kappa shape index (κ1) is 23.1. The first-order chi connectivity index (χ1) is 13.1. The number of hydrogen-bond acceptors (Lipinski definition) is 5. The Bertz CT molecular complexity index is 1120. The molecule has 1 aromatic carbocycles. The third kappa shape index (κ3) is 5.24. The van der Waals surface area contributed by atoms with Crippen LogP contribution in [0, 0.1) is 0 Å². The van der Waals surface area contributed by atoms with Crippen LogP contribution in [-0.4, -0.2) is 28.9 Å². The van der Waals surface area contributed by atoms with E-state index in [1.165, 1.54) is 29.1 Å². The molecule has 0 N–H and O–H groups in total. The van der Waals surface area contributed by atoms with Gasteiger partial charge in [0.25, 0.3) is 0 Å². The second-order valence-electron chi connectivity index (χ2n) is 5.64. The number of sulfonamides is 1. The number of halogens is 3. The molecule has 7 nitrogen and oxygen atoms in total. The quantitative estimate of drug-likeness (QED) is 0.562. The van der Waals surface area contributed by atoms with Gasteiger partial charge in [-0.3, -0.25) is 9.55 Å².